The molecular formula is C27H37N5O6. The summed E-state index contributed by atoms with van der Waals surface area (Å²) in [4.78, 5) is 51.4. The molecule has 206 valence electrons. The van der Waals surface area contributed by atoms with Gasteiger partial charge in [0.1, 0.15) is 29.0 Å². The van der Waals surface area contributed by atoms with Gasteiger partial charge in [0.2, 0.25) is 5.91 Å². The van der Waals surface area contributed by atoms with Crippen LogP contribution in [0.1, 0.15) is 53.0 Å². The lowest BCUT2D eigenvalue weighted by molar-refractivity contribution is -0.111. The van der Waals surface area contributed by atoms with Gasteiger partial charge in [-0.3, -0.25) is 18.7 Å². The van der Waals surface area contributed by atoms with Crippen LogP contribution in [0, 0.1) is 0 Å². The van der Waals surface area contributed by atoms with E-state index in [2.05, 4.69) is 5.32 Å². The first-order chi connectivity index (χ1) is 17.9. The summed E-state index contributed by atoms with van der Waals surface area (Å²) in [5.41, 5.74) is 4.95. The molecule has 38 heavy (non-hydrogen) atoms. The summed E-state index contributed by atoms with van der Waals surface area (Å²) < 4.78 is 13.8. The molecule has 1 saturated heterocycles. The van der Waals surface area contributed by atoms with Gasteiger partial charge in [0.25, 0.3) is 5.56 Å². The number of hydrogen-bond acceptors (Lipinski definition) is 7. The van der Waals surface area contributed by atoms with E-state index in [9.17, 15) is 19.2 Å². The van der Waals surface area contributed by atoms with Gasteiger partial charge in [-0.2, -0.15) is 0 Å². The van der Waals surface area contributed by atoms with Crippen molar-refractivity contribution >= 4 is 29.6 Å². The van der Waals surface area contributed by atoms with Crippen LogP contribution in [-0.2, 0) is 22.6 Å². The number of piperidine rings is 1. The Labute approximate surface area is 221 Å². The molecule has 3 N–H and O–H groups in total. The number of aromatic nitrogens is 2. The first-order valence-corrected chi connectivity index (χ1v) is 12.8. The van der Waals surface area contributed by atoms with E-state index in [0.717, 1.165) is 10.1 Å². The molecule has 2 heterocycles. The van der Waals surface area contributed by atoms with Crippen LogP contribution in [0.15, 0.2) is 39.9 Å². The minimum atomic E-state index is -0.639. The van der Waals surface area contributed by atoms with Crippen molar-refractivity contribution in [3.8, 4) is 5.75 Å². The Bertz CT molecular complexity index is 1300. The number of anilines is 2. The predicted molar refractivity (Wildman–Crippen MR) is 146 cm³/mol. The van der Waals surface area contributed by atoms with E-state index in [4.69, 9.17) is 15.2 Å². The number of hydrogen-bond donors (Lipinski definition) is 2. The van der Waals surface area contributed by atoms with Gasteiger partial charge < -0.3 is 25.4 Å². The van der Waals surface area contributed by atoms with Crippen molar-refractivity contribution in [1.82, 2.24) is 14.0 Å². The van der Waals surface area contributed by atoms with Gasteiger partial charge in [0, 0.05) is 45.1 Å². The fourth-order valence-corrected chi connectivity index (χ4v) is 4.09. The average Bonchev–Trinajstić information content (AvgIpc) is 2.86. The summed E-state index contributed by atoms with van der Waals surface area (Å²) in [6, 6.07) is 7.25. The van der Waals surface area contributed by atoms with Crippen LogP contribution in [0.3, 0.4) is 0 Å². The standard InChI is InChI=1S/C27H37N5O6/c1-6-31-23(28)22(24(34)32(7-2)25(31)35)29-21(33)13-10-18-8-11-19(12-9-18)37-20-14-16-30(17-15-20)26(36)38-27(3,4)5/h8-13,20H,6-7,14-17,28H2,1-5H3,(H,29,33)/b13-10+. The number of rotatable bonds is 7. The molecule has 0 radical (unpaired) electrons. The number of nitrogens with two attached hydrogens (primary N) is 1. The van der Waals surface area contributed by atoms with Gasteiger partial charge in [-0.05, 0) is 58.4 Å². The van der Waals surface area contributed by atoms with Crippen molar-refractivity contribution < 1.29 is 19.1 Å². The lowest BCUT2D eigenvalue weighted by atomic mass is 10.1. The minimum Gasteiger partial charge on any atom is -0.490 e. The molecule has 0 aliphatic carbocycles. The second-order valence-electron chi connectivity index (χ2n) is 10.0. The van der Waals surface area contributed by atoms with Gasteiger partial charge in [-0.25, -0.2) is 9.59 Å². The molecule has 3 rings (SSSR count). The molecule has 2 amide bonds. The molecule has 1 aromatic heterocycles. The lowest BCUT2D eigenvalue weighted by Crippen LogP contribution is -2.44. The highest BCUT2D eigenvalue weighted by atomic mass is 16.6. The largest absolute Gasteiger partial charge is 0.490 e. The van der Waals surface area contributed by atoms with Gasteiger partial charge in [-0.15, -0.1) is 0 Å². The zero-order valence-corrected chi connectivity index (χ0v) is 22.7. The highest BCUT2D eigenvalue weighted by molar-refractivity contribution is 6.03. The molecule has 11 heteroatoms. The Morgan fingerprint density at radius 2 is 1.66 bits per heavy atom. The Hall–Kier alpha value is -4.02. The third-order valence-corrected chi connectivity index (χ3v) is 6.05. The molecule has 0 saturated carbocycles. The molecule has 1 fully saturated rings. The fourth-order valence-electron chi connectivity index (χ4n) is 4.09. The number of nitrogens with zero attached hydrogens (tertiary/aromatic N) is 3. The van der Waals surface area contributed by atoms with Crippen molar-refractivity contribution in [3.05, 3.63) is 56.7 Å². The number of carbonyl (C=O) groups is 2. The van der Waals surface area contributed by atoms with Crippen molar-refractivity contribution in [2.75, 3.05) is 24.1 Å². The maximum atomic E-state index is 12.6. The van der Waals surface area contributed by atoms with E-state index in [1.807, 2.05) is 45.0 Å². The molecule has 0 unspecified atom stereocenters. The van der Waals surface area contributed by atoms with Crippen LogP contribution < -0.4 is 27.0 Å². The second kappa shape index (κ2) is 12.0. The molecule has 11 nitrogen and oxygen atoms in total. The Morgan fingerprint density at radius 3 is 2.21 bits per heavy atom. The van der Waals surface area contributed by atoms with Gasteiger partial charge >= 0.3 is 11.8 Å². The summed E-state index contributed by atoms with van der Waals surface area (Å²) in [7, 11) is 0. The number of carbonyl (C=O) groups excluding carboxylic acids is 2. The molecule has 1 aromatic carbocycles. The van der Waals surface area contributed by atoms with E-state index >= 15 is 0 Å². The monoisotopic (exact) mass is 527 g/mol. The first kappa shape index (κ1) is 28.5. The molecule has 2 aromatic rings. The topological polar surface area (TPSA) is 138 Å². The summed E-state index contributed by atoms with van der Waals surface area (Å²) in [5.74, 6) is 0.0687. The summed E-state index contributed by atoms with van der Waals surface area (Å²) >= 11 is 0. The van der Waals surface area contributed by atoms with Crippen LogP contribution in [-0.4, -0.2) is 50.8 Å². The second-order valence-corrected chi connectivity index (χ2v) is 10.0. The average molecular weight is 528 g/mol. The predicted octanol–water partition coefficient (Wildman–Crippen LogP) is 3.06. The van der Waals surface area contributed by atoms with Crippen molar-refractivity contribution in [1.29, 1.82) is 0 Å². The molecular weight excluding hydrogens is 490 g/mol. The fraction of sp³-hybridized carbons (Fsp3) is 0.481. The van der Waals surface area contributed by atoms with E-state index in [-0.39, 0.29) is 36.8 Å². The zero-order chi connectivity index (χ0) is 28.0. The normalized spacial score (nSPS) is 14.5. The first-order valence-electron chi connectivity index (χ1n) is 12.8. The van der Waals surface area contributed by atoms with Gasteiger partial charge in [0.15, 0.2) is 0 Å². The van der Waals surface area contributed by atoms with Crippen LogP contribution in [0.2, 0.25) is 0 Å². The van der Waals surface area contributed by atoms with Crippen LogP contribution >= 0.6 is 0 Å². The summed E-state index contributed by atoms with van der Waals surface area (Å²) in [6.45, 7) is 10.5. The molecule has 1 aliphatic heterocycles. The van der Waals surface area contributed by atoms with Crippen molar-refractivity contribution in [2.45, 2.75) is 72.3 Å². The highest BCUT2D eigenvalue weighted by Crippen LogP contribution is 2.21. The number of likely N-dealkylation sites (tertiary alicyclic amines) is 1. The Kier molecular flexibility index (Phi) is 9.03. The lowest BCUT2D eigenvalue weighted by Gasteiger charge is -2.33. The minimum absolute atomic E-state index is 0.00938. The SMILES string of the molecule is CCn1c(N)c(NC(=O)/C=C/c2ccc(OC3CCN(C(=O)OC(C)(C)C)CC3)cc2)c(=O)n(CC)c1=O. The third-order valence-electron chi connectivity index (χ3n) is 6.05. The number of benzene rings is 1. The number of amides is 2. The van der Waals surface area contributed by atoms with E-state index < -0.39 is 22.8 Å². The highest BCUT2D eigenvalue weighted by Gasteiger charge is 2.27. The Morgan fingerprint density at radius 1 is 1.05 bits per heavy atom. The number of nitrogens with one attached hydrogen (secondary N) is 1. The number of nitrogen functional groups attached to an aromatic ring is 1. The van der Waals surface area contributed by atoms with Crippen LogP contribution in [0.4, 0.5) is 16.3 Å². The third kappa shape index (κ3) is 7.05. The maximum Gasteiger partial charge on any atom is 0.410 e. The quantitative estimate of drug-likeness (QED) is 0.528. The molecule has 0 bridgehead atoms. The zero-order valence-electron chi connectivity index (χ0n) is 22.7. The van der Waals surface area contributed by atoms with Crippen molar-refractivity contribution in [2.24, 2.45) is 0 Å². The van der Waals surface area contributed by atoms with E-state index in [1.54, 1.807) is 24.8 Å². The molecule has 0 spiro atoms. The van der Waals surface area contributed by atoms with E-state index in [0.29, 0.717) is 31.7 Å². The van der Waals surface area contributed by atoms with Crippen LogP contribution in [0.25, 0.3) is 6.08 Å². The van der Waals surface area contributed by atoms with Crippen LogP contribution in [0.5, 0.6) is 5.75 Å². The van der Waals surface area contributed by atoms with Crippen molar-refractivity contribution in [3.63, 3.8) is 0 Å². The Balaban J connectivity index is 1.57. The van der Waals surface area contributed by atoms with Gasteiger partial charge in [0.05, 0.1) is 0 Å². The number of ether oxygens (including phenoxy) is 2. The smallest absolute Gasteiger partial charge is 0.410 e. The summed E-state index contributed by atoms with van der Waals surface area (Å²) in [5, 5.41) is 2.51. The maximum absolute atomic E-state index is 12.6. The molecule has 1 aliphatic rings. The molecule has 0 atom stereocenters. The van der Waals surface area contributed by atoms with Gasteiger partial charge in [-0.1, -0.05) is 12.1 Å². The summed E-state index contributed by atoms with van der Waals surface area (Å²) in [6.07, 6.45) is 3.98. The van der Waals surface area contributed by atoms with E-state index in [1.165, 1.54) is 10.6 Å².